The first-order valence-corrected chi connectivity index (χ1v) is 13.1. The Morgan fingerprint density at radius 1 is 1.07 bits per heavy atom. The molecule has 0 amide bonds. The molecule has 0 bridgehead atoms. The van der Waals surface area contributed by atoms with Gasteiger partial charge in [-0.1, -0.05) is 30.3 Å². The van der Waals surface area contributed by atoms with Crippen molar-refractivity contribution in [2.45, 2.75) is 22.3 Å². The van der Waals surface area contributed by atoms with E-state index >= 15 is 0 Å². The van der Waals surface area contributed by atoms with Crippen molar-refractivity contribution in [1.82, 2.24) is 4.90 Å². The second-order valence-electron chi connectivity index (χ2n) is 6.75. The van der Waals surface area contributed by atoms with Crippen molar-refractivity contribution in [3.63, 3.8) is 0 Å². The van der Waals surface area contributed by atoms with Crippen molar-refractivity contribution >= 4 is 39.2 Å². The molecule has 0 radical (unpaired) electrons. The van der Waals surface area contributed by atoms with Crippen LogP contribution in [0.3, 0.4) is 0 Å². The SMILES string of the molecule is NS(=O)(=O)c1ccccc1N[C@H](CCN1CCSCC1)CSc1ccccc1. The van der Waals surface area contributed by atoms with Crippen LogP contribution < -0.4 is 10.5 Å². The minimum absolute atomic E-state index is 0.141. The number of nitrogens with two attached hydrogens (primary N) is 1. The number of nitrogens with one attached hydrogen (secondary N) is 1. The normalized spacial score (nSPS) is 16.6. The molecule has 1 fully saturated rings. The second kappa shape index (κ2) is 10.5. The number of thioether (sulfide) groups is 2. The van der Waals surface area contributed by atoms with Gasteiger partial charge in [-0.3, -0.25) is 0 Å². The topological polar surface area (TPSA) is 75.4 Å². The molecule has 3 N–H and O–H groups in total. The van der Waals surface area contributed by atoms with E-state index in [1.165, 1.54) is 16.4 Å². The van der Waals surface area contributed by atoms with Gasteiger partial charge in [0.15, 0.2) is 0 Å². The van der Waals surface area contributed by atoms with Gasteiger partial charge in [0.05, 0.1) is 5.69 Å². The highest BCUT2D eigenvalue weighted by Crippen LogP contribution is 2.25. The van der Waals surface area contributed by atoms with E-state index in [4.69, 9.17) is 5.14 Å². The van der Waals surface area contributed by atoms with E-state index in [0.717, 1.165) is 31.8 Å². The fourth-order valence-corrected chi connectivity index (χ4v) is 5.80. The third kappa shape index (κ3) is 6.70. The molecule has 8 heteroatoms. The number of rotatable bonds is 9. The highest BCUT2D eigenvalue weighted by molar-refractivity contribution is 7.99. The number of para-hydroxylation sites is 1. The van der Waals surface area contributed by atoms with Gasteiger partial charge in [0.1, 0.15) is 4.90 Å². The zero-order valence-electron chi connectivity index (χ0n) is 15.8. The van der Waals surface area contributed by atoms with E-state index in [1.54, 1.807) is 30.0 Å². The predicted molar refractivity (Wildman–Crippen MR) is 121 cm³/mol. The number of sulfonamides is 1. The van der Waals surface area contributed by atoms with Crippen LogP contribution >= 0.6 is 23.5 Å². The van der Waals surface area contributed by atoms with Crippen LogP contribution in [0.25, 0.3) is 0 Å². The van der Waals surface area contributed by atoms with Crippen LogP contribution in [-0.4, -0.2) is 56.3 Å². The van der Waals surface area contributed by atoms with Crippen LogP contribution in [0, 0.1) is 0 Å². The summed E-state index contributed by atoms with van der Waals surface area (Å²) < 4.78 is 23.9. The molecule has 0 aliphatic carbocycles. The van der Waals surface area contributed by atoms with Crippen molar-refractivity contribution in [1.29, 1.82) is 0 Å². The minimum Gasteiger partial charge on any atom is -0.380 e. The van der Waals surface area contributed by atoms with Crippen LogP contribution in [-0.2, 0) is 10.0 Å². The summed E-state index contributed by atoms with van der Waals surface area (Å²) in [6.45, 7) is 3.25. The highest BCUT2D eigenvalue weighted by atomic mass is 32.2. The molecule has 0 unspecified atom stereocenters. The summed E-state index contributed by atoms with van der Waals surface area (Å²) in [7, 11) is -3.76. The molecule has 5 nitrogen and oxygen atoms in total. The molecule has 2 aromatic carbocycles. The van der Waals surface area contributed by atoms with Crippen molar-refractivity contribution in [2.75, 3.05) is 42.2 Å². The van der Waals surface area contributed by atoms with Crippen molar-refractivity contribution in [2.24, 2.45) is 5.14 Å². The summed E-state index contributed by atoms with van der Waals surface area (Å²) in [5.41, 5.74) is 0.581. The Morgan fingerprint density at radius 3 is 2.46 bits per heavy atom. The van der Waals surface area contributed by atoms with Crippen molar-refractivity contribution < 1.29 is 8.42 Å². The quantitative estimate of drug-likeness (QED) is 0.586. The standard InChI is InChI=1S/C20H27N3O2S3/c21-28(24,25)20-9-5-4-8-19(20)22-17(10-11-23-12-14-26-15-13-23)16-27-18-6-2-1-3-7-18/h1-9,17,22H,10-16H2,(H2,21,24,25)/t17-/m1/s1. The predicted octanol–water partition coefficient (Wildman–Crippen LogP) is 3.35. The maximum atomic E-state index is 11.9. The minimum atomic E-state index is -3.76. The summed E-state index contributed by atoms with van der Waals surface area (Å²) in [6.07, 6.45) is 0.948. The molecule has 152 valence electrons. The van der Waals surface area contributed by atoms with Gasteiger partial charge in [-0.25, -0.2) is 13.6 Å². The summed E-state index contributed by atoms with van der Waals surface area (Å²) in [5.74, 6) is 3.22. The largest absolute Gasteiger partial charge is 0.380 e. The summed E-state index contributed by atoms with van der Waals surface area (Å²) in [4.78, 5) is 3.85. The van der Waals surface area contributed by atoms with E-state index in [2.05, 4.69) is 22.3 Å². The molecule has 1 aliphatic rings. The molecule has 1 heterocycles. The lowest BCUT2D eigenvalue weighted by Crippen LogP contribution is -2.36. The summed E-state index contributed by atoms with van der Waals surface area (Å²) in [6, 6.07) is 17.3. The third-order valence-corrected chi connectivity index (χ3v) is 7.73. The van der Waals surface area contributed by atoms with E-state index in [-0.39, 0.29) is 10.9 Å². The van der Waals surface area contributed by atoms with Gasteiger partial charge >= 0.3 is 0 Å². The molecular weight excluding hydrogens is 410 g/mol. The first-order valence-electron chi connectivity index (χ1n) is 9.39. The van der Waals surface area contributed by atoms with Crippen molar-refractivity contribution in [3.8, 4) is 0 Å². The molecule has 0 aromatic heterocycles. The molecule has 1 saturated heterocycles. The van der Waals surface area contributed by atoms with Gasteiger partial charge in [-0.15, -0.1) is 11.8 Å². The van der Waals surface area contributed by atoms with Crippen LogP contribution in [0.4, 0.5) is 5.69 Å². The Morgan fingerprint density at radius 2 is 1.75 bits per heavy atom. The second-order valence-corrected chi connectivity index (χ2v) is 10.6. The lowest BCUT2D eigenvalue weighted by atomic mass is 10.2. The Hall–Kier alpha value is -1.19. The smallest absolute Gasteiger partial charge is 0.240 e. The first-order chi connectivity index (χ1) is 13.5. The summed E-state index contributed by atoms with van der Waals surface area (Å²) in [5, 5.41) is 8.86. The molecule has 2 aromatic rings. The van der Waals surface area contributed by atoms with Crippen molar-refractivity contribution in [3.05, 3.63) is 54.6 Å². The Kier molecular flexibility index (Phi) is 8.11. The van der Waals surface area contributed by atoms with Crippen LogP contribution in [0.1, 0.15) is 6.42 Å². The number of anilines is 1. The highest BCUT2D eigenvalue weighted by Gasteiger charge is 2.18. The fourth-order valence-electron chi connectivity index (χ4n) is 3.13. The maximum Gasteiger partial charge on any atom is 0.240 e. The van der Waals surface area contributed by atoms with Crippen LogP contribution in [0.2, 0.25) is 0 Å². The van der Waals surface area contributed by atoms with E-state index in [1.807, 2.05) is 36.0 Å². The number of nitrogens with zero attached hydrogens (tertiary/aromatic N) is 1. The maximum absolute atomic E-state index is 11.9. The lowest BCUT2D eigenvalue weighted by molar-refractivity contribution is 0.294. The molecule has 1 atom stereocenters. The molecule has 1 aliphatic heterocycles. The first kappa shape index (κ1) is 21.5. The van der Waals surface area contributed by atoms with Gasteiger partial charge < -0.3 is 10.2 Å². The summed E-state index contributed by atoms with van der Waals surface area (Å²) >= 11 is 3.79. The van der Waals surface area contributed by atoms with Gasteiger partial charge in [0.2, 0.25) is 10.0 Å². The molecular formula is C20H27N3O2S3. The van der Waals surface area contributed by atoms with Gasteiger partial charge in [-0.2, -0.15) is 11.8 Å². The molecule has 0 spiro atoms. The number of hydrogen-bond donors (Lipinski definition) is 2. The molecule has 0 saturated carbocycles. The van der Waals surface area contributed by atoms with E-state index < -0.39 is 10.0 Å². The number of benzene rings is 2. The zero-order valence-corrected chi connectivity index (χ0v) is 18.2. The van der Waals surface area contributed by atoms with E-state index in [9.17, 15) is 8.42 Å². The average molecular weight is 438 g/mol. The third-order valence-electron chi connectivity index (χ3n) is 4.65. The Labute approximate surface area is 176 Å². The van der Waals surface area contributed by atoms with E-state index in [0.29, 0.717) is 5.69 Å². The Bertz CT molecular complexity index is 841. The molecule has 3 rings (SSSR count). The van der Waals surface area contributed by atoms with Crippen LogP contribution in [0.15, 0.2) is 64.4 Å². The van der Waals surface area contributed by atoms with Crippen LogP contribution in [0.5, 0.6) is 0 Å². The van der Waals surface area contributed by atoms with Gasteiger partial charge in [0, 0.05) is 47.8 Å². The zero-order chi connectivity index (χ0) is 19.8. The number of primary sulfonamides is 1. The lowest BCUT2D eigenvalue weighted by Gasteiger charge is -2.29. The average Bonchev–Trinajstić information content (AvgIpc) is 2.71. The Balaban J connectivity index is 1.69. The molecule has 28 heavy (non-hydrogen) atoms. The van der Waals surface area contributed by atoms with Gasteiger partial charge in [0.25, 0.3) is 0 Å². The monoisotopic (exact) mass is 437 g/mol. The number of hydrogen-bond acceptors (Lipinski definition) is 6. The fraction of sp³-hybridized carbons (Fsp3) is 0.400. The van der Waals surface area contributed by atoms with Gasteiger partial charge in [-0.05, 0) is 30.7 Å².